The number of hydrogen-bond donors (Lipinski definition) is 1. The van der Waals surface area contributed by atoms with Crippen LogP contribution < -0.4 is 10.6 Å². The van der Waals surface area contributed by atoms with Gasteiger partial charge in [-0.05, 0) is 37.1 Å². The summed E-state index contributed by atoms with van der Waals surface area (Å²) in [6, 6.07) is 6.98. The van der Waals surface area contributed by atoms with E-state index in [-0.39, 0.29) is 13.0 Å². The normalized spacial score (nSPS) is 23.0. The molecule has 0 aliphatic carbocycles. The molecule has 3 nitrogen and oxygen atoms in total. The maximum Gasteiger partial charge on any atom is 0.393 e. The number of fused-ring (bicyclic) bond motifs is 1. The molecule has 2 unspecified atom stereocenters. The van der Waals surface area contributed by atoms with Gasteiger partial charge in [-0.3, -0.25) is 4.98 Å². The lowest BCUT2D eigenvalue weighted by atomic mass is 9.93. The number of alkyl halides is 3. The lowest BCUT2D eigenvalue weighted by Crippen LogP contribution is -2.51. The molecule has 118 valence electrons. The second-order valence-electron chi connectivity index (χ2n) is 5.94. The average Bonchev–Trinajstić information content (AvgIpc) is 2.46. The molecule has 1 aromatic carbocycles. The SMILES string of the molecule is Cc1ccc(N2CC(N)CC(C(F)(F)F)C2)c2cccnc12. The van der Waals surface area contributed by atoms with Gasteiger partial charge in [0.05, 0.1) is 11.4 Å². The molecule has 0 amide bonds. The molecule has 1 saturated heterocycles. The number of benzene rings is 1. The van der Waals surface area contributed by atoms with E-state index in [1.807, 2.05) is 25.1 Å². The number of anilines is 1. The number of aryl methyl sites for hydroxylation is 1. The third-order valence-electron chi connectivity index (χ3n) is 4.23. The zero-order valence-corrected chi connectivity index (χ0v) is 12.3. The summed E-state index contributed by atoms with van der Waals surface area (Å²) in [4.78, 5) is 6.09. The molecule has 0 spiro atoms. The molecule has 3 rings (SSSR count). The summed E-state index contributed by atoms with van der Waals surface area (Å²) in [6.07, 6.45) is -2.53. The van der Waals surface area contributed by atoms with Gasteiger partial charge in [-0.25, -0.2) is 0 Å². The standard InChI is InChI=1S/C16H18F3N3/c1-10-4-5-14(13-3-2-6-21-15(10)13)22-8-11(16(17,18)19)7-12(20)9-22/h2-6,11-12H,7-9,20H2,1H3. The number of halogens is 3. The van der Waals surface area contributed by atoms with E-state index >= 15 is 0 Å². The van der Waals surface area contributed by atoms with E-state index in [1.54, 1.807) is 17.2 Å². The van der Waals surface area contributed by atoms with Crippen LogP contribution >= 0.6 is 0 Å². The van der Waals surface area contributed by atoms with Gasteiger partial charge in [0.1, 0.15) is 0 Å². The Hall–Kier alpha value is -1.82. The predicted molar refractivity (Wildman–Crippen MR) is 80.8 cm³/mol. The zero-order valence-electron chi connectivity index (χ0n) is 12.3. The van der Waals surface area contributed by atoms with E-state index in [0.717, 1.165) is 22.2 Å². The summed E-state index contributed by atoms with van der Waals surface area (Å²) in [5, 5.41) is 0.873. The first-order valence-electron chi connectivity index (χ1n) is 7.28. The van der Waals surface area contributed by atoms with E-state index < -0.39 is 18.1 Å². The van der Waals surface area contributed by atoms with E-state index in [2.05, 4.69) is 4.98 Å². The predicted octanol–water partition coefficient (Wildman–Crippen LogP) is 3.26. The minimum atomic E-state index is -4.21. The topological polar surface area (TPSA) is 42.1 Å². The monoisotopic (exact) mass is 309 g/mol. The lowest BCUT2D eigenvalue weighted by Gasteiger charge is -2.39. The molecular formula is C16H18F3N3. The smallest absolute Gasteiger partial charge is 0.369 e. The van der Waals surface area contributed by atoms with Crippen LogP contribution in [-0.2, 0) is 0 Å². The Balaban J connectivity index is 2.02. The van der Waals surface area contributed by atoms with Crippen molar-refractivity contribution in [3.63, 3.8) is 0 Å². The van der Waals surface area contributed by atoms with Crippen LogP contribution in [0.15, 0.2) is 30.5 Å². The van der Waals surface area contributed by atoms with Crippen LogP contribution in [0.5, 0.6) is 0 Å². The van der Waals surface area contributed by atoms with Crippen molar-refractivity contribution in [2.24, 2.45) is 11.7 Å². The number of rotatable bonds is 1. The molecule has 0 saturated carbocycles. The van der Waals surface area contributed by atoms with Gasteiger partial charge in [-0.1, -0.05) is 6.07 Å². The molecule has 0 radical (unpaired) electrons. The molecule has 1 fully saturated rings. The lowest BCUT2D eigenvalue weighted by molar-refractivity contribution is -0.177. The van der Waals surface area contributed by atoms with Crippen molar-refractivity contribution in [3.8, 4) is 0 Å². The number of piperidine rings is 1. The van der Waals surface area contributed by atoms with Gasteiger partial charge >= 0.3 is 6.18 Å². The van der Waals surface area contributed by atoms with E-state index in [1.165, 1.54) is 0 Å². The Morgan fingerprint density at radius 1 is 1.23 bits per heavy atom. The van der Waals surface area contributed by atoms with Crippen molar-refractivity contribution in [2.75, 3.05) is 18.0 Å². The molecule has 1 aliphatic rings. The maximum atomic E-state index is 13.1. The Morgan fingerprint density at radius 2 is 2.00 bits per heavy atom. The molecule has 2 atom stereocenters. The van der Waals surface area contributed by atoms with Gasteiger partial charge in [0, 0.05) is 36.4 Å². The van der Waals surface area contributed by atoms with Gasteiger partial charge in [0.15, 0.2) is 0 Å². The van der Waals surface area contributed by atoms with E-state index in [0.29, 0.717) is 6.54 Å². The summed E-state index contributed by atoms with van der Waals surface area (Å²) >= 11 is 0. The molecule has 2 N–H and O–H groups in total. The summed E-state index contributed by atoms with van der Waals surface area (Å²) in [5.41, 5.74) is 8.47. The molecular weight excluding hydrogens is 291 g/mol. The number of aromatic nitrogens is 1. The van der Waals surface area contributed by atoms with Crippen LogP contribution in [0, 0.1) is 12.8 Å². The van der Waals surface area contributed by atoms with E-state index in [9.17, 15) is 13.2 Å². The quantitative estimate of drug-likeness (QED) is 0.879. The second-order valence-corrected chi connectivity index (χ2v) is 5.94. The van der Waals surface area contributed by atoms with Crippen LogP contribution in [-0.4, -0.2) is 30.3 Å². The van der Waals surface area contributed by atoms with Gasteiger partial charge in [0.2, 0.25) is 0 Å². The summed E-state index contributed by atoms with van der Waals surface area (Å²) in [7, 11) is 0. The fourth-order valence-corrected chi connectivity index (χ4v) is 3.15. The molecule has 22 heavy (non-hydrogen) atoms. The van der Waals surface area contributed by atoms with Crippen LogP contribution in [0.25, 0.3) is 10.9 Å². The van der Waals surface area contributed by atoms with Gasteiger partial charge in [0.25, 0.3) is 0 Å². The summed E-state index contributed by atoms with van der Waals surface area (Å²) in [6.45, 7) is 2.32. The Morgan fingerprint density at radius 3 is 2.73 bits per heavy atom. The van der Waals surface area contributed by atoms with Crippen molar-refractivity contribution in [1.29, 1.82) is 0 Å². The summed E-state index contributed by atoms with van der Waals surface area (Å²) in [5.74, 6) is -1.38. The number of pyridine rings is 1. The number of nitrogens with zero attached hydrogens (tertiary/aromatic N) is 2. The zero-order chi connectivity index (χ0) is 15.9. The Bertz CT molecular complexity index is 684. The first kappa shape index (κ1) is 15.1. The Kier molecular flexibility index (Phi) is 3.72. The minimum absolute atomic E-state index is 0.0119. The maximum absolute atomic E-state index is 13.1. The highest BCUT2D eigenvalue weighted by Gasteiger charge is 2.44. The van der Waals surface area contributed by atoms with Crippen molar-refractivity contribution in [3.05, 3.63) is 36.0 Å². The van der Waals surface area contributed by atoms with Crippen molar-refractivity contribution < 1.29 is 13.2 Å². The highest BCUT2D eigenvalue weighted by atomic mass is 19.4. The molecule has 6 heteroatoms. The van der Waals surface area contributed by atoms with Crippen LogP contribution in [0.4, 0.5) is 18.9 Å². The summed E-state index contributed by atoms with van der Waals surface area (Å²) < 4.78 is 39.3. The largest absolute Gasteiger partial charge is 0.393 e. The fourth-order valence-electron chi connectivity index (χ4n) is 3.15. The van der Waals surface area contributed by atoms with Gasteiger partial charge in [-0.15, -0.1) is 0 Å². The highest BCUT2D eigenvalue weighted by molar-refractivity contribution is 5.93. The van der Waals surface area contributed by atoms with Crippen molar-refractivity contribution >= 4 is 16.6 Å². The van der Waals surface area contributed by atoms with Gasteiger partial charge in [-0.2, -0.15) is 13.2 Å². The molecule has 1 aliphatic heterocycles. The number of nitrogens with two attached hydrogens (primary N) is 1. The molecule has 1 aromatic heterocycles. The first-order chi connectivity index (χ1) is 10.4. The third kappa shape index (κ3) is 2.75. The highest BCUT2D eigenvalue weighted by Crippen LogP contribution is 2.36. The third-order valence-corrected chi connectivity index (χ3v) is 4.23. The van der Waals surface area contributed by atoms with E-state index in [4.69, 9.17) is 5.73 Å². The molecule has 0 bridgehead atoms. The van der Waals surface area contributed by atoms with Crippen LogP contribution in [0.2, 0.25) is 0 Å². The van der Waals surface area contributed by atoms with Crippen LogP contribution in [0.1, 0.15) is 12.0 Å². The minimum Gasteiger partial charge on any atom is -0.369 e. The van der Waals surface area contributed by atoms with Gasteiger partial charge < -0.3 is 10.6 Å². The number of hydrogen-bond acceptors (Lipinski definition) is 3. The first-order valence-corrected chi connectivity index (χ1v) is 7.28. The van der Waals surface area contributed by atoms with Crippen molar-refractivity contribution in [2.45, 2.75) is 25.6 Å². The fraction of sp³-hybridized carbons (Fsp3) is 0.438. The second kappa shape index (κ2) is 5.43. The Labute approximate surface area is 126 Å². The van der Waals surface area contributed by atoms with Crippen molar-refractivity contribution in [1.82, 2.24) is 4.98 Å². The molecule has 2 heterocycles. The van der Waals surface area contributed by atoms with Crippen LogP contribution in [0.3, 0.4) is 0 Å². The average molecular weight is 309 g/mol. The molecule has 2 aromatic rings.